The Morgan fingerprint density at radius 1 is 1.32 bits per heavy atom. The number of Topliss-reactive ketones (excluding diaryl/α,β-unsaturated/α-hetero) is 1. The molecule has 3 rings (SSSR count). The third kappa shape index (κ3) is 6.48. The molecule has 0 saturated heterocycles. The smallest absolute Gasteiger partial charge is 0.356 e. The molecular formula is C20H25FN5O7P. The monoisotopic (exact) mass is 497 g/mol. The van der Waals surface area contributed by atoms with E-state index in [1.807, 2.05) is 0 Å². The molecule has 1 aromatic carbocycles. The lowest BCUT2D eigenvalue weighted by Gasteiger charge is -2.18. The maximum absolute atomic E-state index is 13.9. The van der Waals surface area contributed by atoms with Crippen molar-refractivity contribution in [2.45, 2.75) is 26.5 Å². The number of nitrogens with zero attached hydrogens (tertiary/aromatic N) is 3. The van der Waals surface area contributed by atoms with E-state index in [4.69, 9.17) is 24.3 Å². The predicted molar refractivity (Wildman–Crippen MR) is 120 cm³/mol. The number of ketones is 1. The molecule has 3 aromatic rings. The van der Waals surface area contributed by atoms with Crippen molar-refractivity contribution in [2.75, 3.05) is 32.4 Å². The molecule has 0 aliphatic rings. The number of hydrogen-bond donors (Lipinski definition) is 2. The molecule has 0 bridgehead atoms. The van der Waals surface area contributed by atoms with Gasteiger partial charge in [0.2, 0.25) is 5.95 Å². The highest BCUT2D eigenvalue weighted by molar-refractivity contribution is 7.53. The van der Waals surface area contributed by atoms with Crippen molar-refractivity contribution in [1.29, 1.82) is 0 Å². The van der Waals surface area contributed by atoms with Crippen LogP contribution in [0, 0.1) is 5.82 Å². The van der Waals surface area contributed by atoms with Crippen molar-refractivity contribution >= 4 is 30.5 Å². The van der Waals surface area contributed by atoms with Crippen LogP contribution in [0.25, 0.3) is 11.2 Å². The second-order valence-electron chi connectivity index (χ2n) is 7.12. The number of ether oxygens (including phenoxy) is 2. The number of hydrogen-bond acceptors (Lipinski definition) is 10. The molecule has 2 heterocycles. The van der Waals surface area contributed by atoms with Crippen molar-refractivity contribution in [1.82, 2.24) is 19.5 Å². The van der Waals surface area contributed by atoms with E-state index in [9.17, 15) is 18.5 Å². The number of benzene rings is 1. The predicted octanol–water partition coefficient (Wildman–Crippen LogP) is 2.23. The van der Waals surface area contributed by atoms with E-state index >= 15 is 0 Å². The fraction of sp³-hybridized carbons (Fsp3) is 0.400. The summed E-state index contributed by atoms with van der Waals surface area (Å²) in [5.74, 6) is -0.858. The average Bonchev–Trinajstić information content (AvgIpc) is 3.22. The molecule has 2 aromatic heterocycles. The summed E-state index contributed by atoms with van der Waals surface area (Å²) in [6.45, 7) is 1.25. The number of anilines is 1. The van der Waals surface area contributed by atoms with Crippen molar-refractivity contribution in [3.8, 4) is 5.75 Å². The molecule has 184 valence electrons. The highest BCUT2D eigenvalue weighted by atomic mass is 31.2. The van der Waals surface area contributed by atoms with Gasteiger partial charge >= 0.3 is 7.60 Å². The van der Waals surface area contributed by atoms with Crippen LogP contribution in [0.5, 0.6) is 5.75 Å². The minimum absolute atomic E-state index is 0.0371. The molecule has 0 fully saturated rings. The number of imidazole rings is 1. The van der Waals surface area contributed by atoms with E-state index in [1.165, 1.54) is 25.6 Å². The number of nitrogens with two attached hydrogens (primary N) is 1. The van der Waals surface area contributed by atoms with E-state index in [2.05, 4.69) is 15.0 Å². The van der Waals surface area contributed by atoms with Crippen LogP contribution < -0.4 is 16.0 Å². The maximum Gasteiger partial charge on any atom is 0.356 e. The summed E-state index contributed by atoms with van der Waals surface area (Å²) in [7, 11) is -2.53. The minimum Gasteiger partial charge on any atom is -0.494 e. The Morgan fingerprint density at radius 2 is 2.12 bits per heavy atom. The normalized spacial score (nSPS) is 13.1. The highest BCUT2D eigenvalue weighted by Crippen LogP contribution is 2.49. The lowest BCUT2D eigenvalue weighted by molar-refractivity contribution is -0.121. The number of aromatic amines is 1. The molecule has 14 heteroatoms. The third-order valence-corrected chi connectivity index (χ3v) is 6.22. The molecule has 1 atom stereocenters. The Hall–Kier alpha value is -3.12. The number of aromatic nitrogens is 4. The molecule has 3 N–H and O–H groups in total. The van der Waals surface area contributed by atoms with E-state index < -0.39 is 31.9 Å². The molecule has 0 saturated carbocycles. The molecule has 34 heavy (non-hydrogen) atoms. The standard InChI is InChI=1S/C20H25FN5O7P/c1-3-14(27)10-33-34(29,32-9-13-4-5-16(30-2)15(21)8-13)12-31-7-6-26-11-23-17-18(26)24-20(22)25-19(17)28/h4-5,8,11H,3,6-7,9-10,12H2,1-2H3,(H3,22,24,25,28). The first kappa shape index (κ1) is 25.5. The van der Waals surface area contributed by atoms with E-state index in [0.717, 1.165) is 0 Å². The number of nitrogen functional groups attached to an aromatic ring is 1. The number of methoxy groups -OCH3 is 1. The highest BCUT2D eigenvalue weighted by Gasteiger charge is 2.27. The summed E-state index contributed by atoms with van der Waals surface area (Å²) >= 11 is 0. The second kappa shape index (κ2) is 11.3. The molecule has 0 radical (unpaired) electrons. The Balaban J connectivity index is 1.62. The lowest BCUT2D eigenvalue weighted by atomic mass is 10.2. The Kier molecular flexibility index (Phi) is 8.51. The number of nitrogens with one attached hydrogen (secondary N) is 1. The molecule has 0 spiro atoms. The number of carbonyl (C=O) groups excluding carboxylic acids is 1. The van der Waals surface area contributed by atoms with Gasteiger partial charge < -0.3 is 24.3 Å². The summed E-state index contributed by atoms with van der Waals surface area (Å²) < 4.78 is 49.7. The van der Waals surface area contributed by atoms with Crippen LogP contribution in [0.15, 0.2) is 29.3 Å². The van der Waals surface area contributed by atoms with Crippen LogP contribution in [0.2, 0.25) is 0 Å². The van der Waals surface area contributed by atoms with Gasteiger partial charge in [-0.3, -0.25) is 23.7 Å². The molecule has 0 aliphatic carbocycles. The summed E-state index contributed by atoms with van der Waals surface area (Å²) in [6, 6.07) is 4.15. The lowest BCUT2D eigenvalue weighted by Crippen LogP contribution is -2.14. The van der Waals surface area contributed by atoms with Crippen LogP contribution in [-0.4, -0.2) is 52.0 Å². The molecular weight excluding hydrogens is 472 g/mol. The Bertz CT molecular complexity index is 1260. The van der Waals surface area contributed by atoms with Crippen molar-refractivity contribution in [2.24, 2.45) is 0 Å². The molecule has 0 aliphatic heterocycles. The van der Waals surface area contributed by atoms with E-state index in [-0.39, 0.29) is 54.8 Å². The van der Waals surface area contributed by atoms with Gasteiger partial charge in [-0.2, -0.15) is 4.98 Å². The van der Waals surface area contributed by atoms with Gasteiger partial charge in [-0.05, 0) is 17.7 Å². The van der Waals surface area contributed by atoms with Gasteiger partial charge in [0, 0.05) is 13.0 Å². The summed E-state index contributed by atoms with van der Waals surface area (Å²) in [5.41, 5.74) is 5.89. The largest absolute Gasteiger partial charge is 0.494 e. The maximum atomic E-state index is 13.9. The molecule has 1 unspecified atom stereocenters. The first-order chi connectivity index (χ1) is 16.2. The Morgan fingerprint density at radius 3 is 2.82 bits per heavy atom. The van der Waals surface area contributed by atoms with Gasteiger partial charge in [-0.1, -0.05) is 13.0 Å². The van der Waals surface area contributed by atoms with Crippen LogP contribution in [0.3, 0.4) is 0 Å². The fourth-order valence-electron chi connectivity index (χ4n) is 2.83. The van der Waals surface area contributed by atoms with Crippen LogP contribution in [0.4, 0.5) is 10.3 Å². The zero-order chi connectivity index (χ0) is 24.7. The van der Waals surface area contributed by atoms with Crippen LogP contribution in [-0.2, 0) is 36.3 Å². The van der Waals surface area contributed by atoms with Gasteiger partial charge in [0.25, 0.3) is 5.56 Å². The number of H-pyrrole nitrogens is 1. The number of carbonyl (C=O) groups is 1. The van der Waals surface area contributed by atoms with Crippen molar-refractivity contribution in [3.05, 3.63) is 46.3 Å². The Labute approximate surface area is 193 Å². The number of rotatable bonds is 13. The zero-order valence-corrected chi connectivity index (χ0v) is 19.5. The second-order valence-corrected chi connectivity index (χ2v) is 9.11. The summed E-state index contributed by atoms with van der Waals surface area (Å²) in [5, 5.41) is 0. The van der Waals surface area contributed by atoms with Crippen LogP contribution >= 0.6 is 7.60 Å². The minimum atomic E-state index is -3.87. The number of fused-ring (bicyclic) bond motifs is 1. The topological polar surface area (TPSA) is 161 Å². The van der Waals surface area contributed by atoms with E-state index in [1.54, 1.807) is 17.6 Å². The third-order valence-electron chi connectivity index (χ3n) is 4.68. The molecule has 0 amide bonds. The van der Waals surface area contributed by atoms with Crippen LogP contribution in [0.1, 0.15) is 18.9 Å². The zero-order valence-electron chi connectivity index (χ0n) is 18.7. The first-order valence-electron chi connectivity index (χ1n) is 10.2. The SMILES string of the molecule is CCC(=O)COP(=O)(COCCn1cnc2c(=O)[nH]c(N)nc21)OCc1ccc(OC)c(F)c1. The fourth-order valence-corrected chi connectivity index (χ4v) is 4.09. The van der Waals surface area contributed by atoms with Gasteiger partial charge in [0.05, 0.1) is 26.7 Å². The first-order valence-corrected chi connectivity index (χ1v) is 12.0. The summed E-state index contributed by atoms with van der Waals surface area (Å²) in [6.07, 6.45) is 1.15. The summed E-state index contributed by atoms with van der Waals surface area (Å²) in [4.78, 5) is 33.9. The van der Waals surface area contributed by atoms with Gasteiger partial charge in [-0.15, -0.1) is 0 Å². The van der Waals surface area contributed by atoms with Crippen molar-refractivity contribution in [3.63, 3.8) is 0 Å². The number of halogens is 1. The average molecular weight is 497 g/mol. The van der Waals surface area contributed by atoms with Gasteiger partial charge in [0.1, 0.15) is 13.0 Å². The van der Waals surface area contributed by atoms with Crippen molar-refractivity contribution < 1.29 is 32.3 Å². The quantitative estimate of drug-likeness (QED) is 0.265. The molecule has 12 nitrogen and oxygen atoms in total. The van der Waals surface area contributed by atoms with Gasteiger partial charge in [-0.25, -0.2) is 9.37 Å². The van der Waals surface area contributed by atoms with Gasteiger partial charge in [0.15, 0.2) is 28.5 Å². The van der Waals surface area contributed by atoms with E-state index in [0.29, 0.717) is 5.56 Å².